The molecular formula is C32H33FN8O2. The molecule has 10 nitrogen and oxygen atoms in total. The third kappa shape index (κ3) is 6.32. The molecule has 0 bridgehead atoms. The maximum Gasteiger partial charge on any atom is 0.138 e. The van der Waals surface area contributed by atoms with Gasteiger partial charge in [-0.05, 0) is 64.6 Å². The second-order valence-corrected chi connectivity index (χ2v) is 10.9. The van der Waals surface area contributed by atoms with Gasteiger partial charge in [-0.1, -0.05) is 0 Å². The van der Waals surface area contributed by atoms with E-state index in [1.165, 1.54) is 12.1 Å². The molecule has 0 saturated carbocycles. The van der Waals surface area contributed by atoms with Gasteiger partial charge in [0.05, 0.1) is 35.0 Å². The molecule has 220 valence electrons. The fourth-order valence-electron chi connectivity index (χ4n) is 4.80. The van der Waals surface area contributed by atoms with Gasteiger partial charge in [-0.2, -0.15) is 5.10 Å². The second-order valence-electron chi connectivity index (χ2n) is 10.9. The molecule has 0 aliphatic carbocycles. The number of nitrogens with one attached hydrogen (secondary N) is 2. The van der Waals surface area contributed by atoms with E-state index in [4.69, 9.17) is 9.47 Å². The van der Waals surface area contributed by atoms with Crippen LogP contribution in [0.25, 0.3) is 55.7 Å². The number of hydrogen-bond acceptors (Lipinski definition) is 8. The minimum absolute atomic E-state index is 0.383. The first-order valence-corrected chi connectivity index (χ1v) is 14.0. The van der Waals surface area contributed by atoms with E-state index in [2.05, 4.69) is 35.0 Å². The highest BCUT2D eigenvalue weighted by atomic mass is 19.1. The lowest BCUT2D eigenvalue weighted by atomic mass is 10.1. The molecule has 5 aromatic heterocycles. The van der Waals surface area contributed by atoms with E-state index >= 15 is 0 Å². The molecule has 0 aliphatic rings. The van der Waals surface area contributed by atoms with Gasteiger partial charge < -0.3 is 24.3 Å². The molecule has 5 heterocycles. The fraction of sp³-hybridized carbons (Fsp3) is 0.250. The first-order chi connectivity index (χ1) is 20.8. The van der Waals surface area contributed by atoms with Crippen LogP contribution in [0.2, 0.25) is 0 Å². The third-order valence-electron chi connectivity index (χ3n) is 7.02. The molecule has 2 N–H and O–H groups in total. The van der Waals surface area contributed by atoms with Gasteiger partial charge in [0.2, 0.25) is 0 Å². The topological polar surface area (TPSA) is 108 Å². The van der Waals surface area contributed by atoms with Crippen molar-refractivity contribution >= 4 is 21.8 Å². The number of ether oxygens (including phenoxy) is 2. The Kier molecular flexibility index (Phi) is 7.99. The molecule has 0 radical (unpaired) electrons. The van der Waals surface area contributed by atoms with Crippen LogP contribution in [0.3, 0.4) is 0 Å². The lowest BCUT2D eigenvalue weighted by Crippen LogP contribution is -2.19. The Morgan fingerprint density at radius 1 is 0.744 bits per heavy atom. The van der Waals surface area contributed by atoms with Crippen molar-refractivity contribution < 1.29 is 13.9 Å². The number of aromatic nitrogens is 6. The zero-order chi connectivity index (χ0) is 29.9. The van der Waals surface area contributed by atoms with Crippen LogP contribution in [0.5, 0.6) is 11.5 Å². The maximum absolute atomic E-state index is 14.6. The van der Waals surface area contributed by atoms with Crippen molar-refractivity contribution in [3.63, 3.8) is 0 Å². The molecule has 6 aromatic rings. The van der Waals surface area contributed by atoms with Crippen molar-refractivity contribution in [2.45, 2.75) is 0 Å². The van der Waals surface area contributed by atoms with Crippen LogP contribution in [0.15, 0.2) is 67.3 Å². The number of H-pyrrole nitrogens is 2. The summed E-state index contributed by atoms with van der Waals surface area (Å²) in [5.41, 5.74) is 6.06. The van der Waals surface area contributed by atoms with Gasteiger partial charge in [0.1, 0.15) is 36.2 Å². The van der Waals surface area contributed by atoms with Gasteiger partial charge >= 0.3 is 0 Å². The highest BCUT2D eigenvalue weighted by molar-refractivity contribution is 6.00. The number of halogens is 1. The van der Waals surface area contributed by atoms with Gasteiger partial charge in [-0.3, -0.25) is 20.1 Å². The smallest absolute Gasteiger partial charge is 0.138 e. The third-order valence-corrected chi connectivity index (χ3v) is 7.02. The number of aromatic amines is 2. The molecule has 1 aromatic carbocycles. The Balaban J connectivity index is 1.33. The van der Waals surface area contributed by atoms with Crippen LogP contribution in [0.4, 0.5) is 4.39 Å². The summed E-state index contributed by atoms with van der Waals surface area (Å²) in [4.78, 5) is 21.1. The Morgan fingerprint density at radius 2 is 1.49 bits per heavy atom. The molecule has 11 heteroatoms. The number of hydrogen-bond donors (Lipinski definition) is 2. The van der Waals surface area contributed by atoms with Crippen LogP contribution in [0.1, 0.15) is 0 Å². The first-order valence-electron chi connectivity index (χ1n) is 14.0. The molecule has 0 amide bonds. The molecule has 0 spiro atoms. The quantitative estimate of drug-likeness (QED) is 0.214. The largest absolute Gasteiger partial charge is 0.492 e. The number of nitrogens with zero attached hydrogens (tertiary/aromatic N) is 6. The van der Waals surface area contributed by atoms with Crippen LogP contribution in [-0.2, 0) is 0 Å². The van der Waals surface area contributed by atoms with Gasteiger partial charge in [0.25, 0.3) is 0 Å². The molecule has 0 unspecified atom stereocenters. The zero-order valence-electron chi connectivity index (χ0n) is 24.6. The number of likely N-dealkylation sites (N-methyl/N-ethyl adjacent to an activating group) is 2. The van der Waals surface area contributed by atoms with Crippen molar-refractivity contribution in [2.24, 2.45) is 0 Å². The predicted molar refractivity (Wildman–Crippen MR) is 166 cm³/mol. The average Bonchev–Trinajstić information content (AvgIpc) is 3.60. The molecule has 0 atom stereocenters. The van der Waals surface area contributed by atoms with Gasteiger partial charge in [-0.25, -0.2) is 4.39 Å². The summed E-state index contributed by atoms with van der Waals surface area (Å²) in [6.07, 6.45) is 6.95. The van der Waals surface area contributed by atoms with E-state index in [0.29, 0.717) is 36.0 Å². The summed E-state index contributed by atoms with van der Waals surface area (Å²) in [5, 5.41) is 9.43. The van der Waals surface area contributed by atoms with E-state index in [0.717, 1.165) is 57.5 Å². The van der Waals surface area contributed by atoms with Crippen molar-refractivity contribution in [3.8, 4) is 45.4 Å². The average molecular weight is 581 g/mol. The van der Waals surface area contributed by atoms with Gasteiger partial charge in [0.15, 0.2) is 0 Å². The van der Waals surface area contributed by atoms with Crippen molar-refractivity contribution in [1.29, 1.82) is 0 Å². The maximum atomic E-state index is 14.6. The van der Waals surface area contributed by atoms with Crippen LogP contribution < -0.4 is 9.47 Å². The molecular weight excluding hydrogens is 547 g/mol. The van der Waals surface area contributed by atoms with Crippen molar-refractivity contribution in [2.75, 3.05) is 54.5 Å². The highest BCUT2D eigenvalue weighted by Crippen LogP contribution is 2.35. The van der Waals surface area contributed by atoms with E-state index in [-0.39, 0.29) is 5.82 Å². The standard InChI is InChI=1S/C32H33FN8O2/c1-40(2)7-9-42-23-12-20(11-22(33)14-23)31-25-16-29(37-27(25)5-6-35-31)32-26-15-28(36-19-30(26)38-39-32)21-13-24(18-34-17-21)43-10-8-41(3)4/h5-6,11-19,37H,7-10H2,1-4H3,(H,38,39). The van der Waals surface area contributed by atoms with E-state index < -0.39 is 0 Å². The zero-order valence-corrected chi connectivity index (χ0v) is 24.6. The van der Waals surface area contributed by atoms with Crippen molar-refractivity contribution in [3.05, 3.63) is 73.1 Å². The van der Waals surface area contributed by atoms with E-state index in [1.807, 2.05) is 63.4 Å². The van der Waals surface area contributed by atoms with Crippen LogP contribution in [-0.4, -0.2) is 94.4 Å². The number of rotatable bonds is 11. The summed E-state index contributed by atoms with van der Waals surface area (Å²) in [7, 11) is 7.94. The minimum atomic E-state index is -0.383. The second kappa shape index (κ2) is 12.2. The molecule has 43 heavy (non-hydrogen) atoms. The number of pyridine rings is 3. The van der Waals surface area contributed by atoms with E-state index in [1.54, 1.807) is 24.8 Å². The molecule has 0 aliphatic heterocycles. The number of fused-ring (bicyclic) bond motifs is 2. The normalized spacial score (nSPS) is 11.7. The van der Waals surface area contributed by atoms with E-state index in [9.17, 15) is 4.39 Å². The first kappa shape index (κ1) is 28.3. The summed E-state index contributed by atoms with van der Waals surface area (Å²) in [6.45, 7) is 2.55. The Hall–Kier alpha value is -4.87. The highest BCUT2D eigenvalue weighted by Gasteiger charge is 2.17. The Bertz CT molecular complexity index is 1880. The van der Waals surface area contributed by atoms with Gasteiger partial charge in [0, 0.05) is 59.0 Å². The molecule has 0 fully saturated rings. The van der Waals surface area contributed by atoms with Gasteiger partial charge in [-0.15, -0.1) is 0 Å². The minimum Gasteiger partial charge on any atom is -0.492 e. The summed E-state index contributed by atoms with van der Waals surface area (Å²) in [5.74, 6) is 0.770. The Morgan fingerprint density at radius 3 is 2.28 bits per heavy atom. The molecule has 0 saturated heterocycles. The predicted octanol–water partition coefficient (Wildman–Crippen LogP) is 5.25. The summed E-state index contributed by atoms with van der Waals surface area (Å²) >= 11 is 0. The fourth-order valence-corrected chi connectivity index (χ4v) is 4.80. The van der Waals surface area contributed by atoms with Crippen LogP contribution in [0, 0.1) is 5.82 Å². The Labute approximate surface area is 248 Å². The lowest BCUT2D eigenvalue weighted by molar-refractivity contribution is 0.260. The SMILES string of the molecule is CN(C)CCOc1cncc(-c2cc3c(-c4cc5c(-c6cc(F)cc(OCCN(C)C)c6)nccc5[nH]4)n[nH]c3cn2)c1. The van der Waals surface area contributed by atoms with Crippen LogP contribution >= 0.6 is 0 Å². The summed E-state index contributed by atoms with van der Waals surface area (Å²) in [6, 6.07) is 12.5. The van der Waals surface area contributed by atoms with Crippen molar-refractivity contribution in [1.82, 2.24) is 39.9 Å². The monoisotopic (exact) mass is 580 g/mol. The number of benzene rings is 1. The molecule has 6 rings (SSSR count). The lowest BCUT2D eigenvalue weighted by Gasteiger charge is -2.12. The summed E-state index contributed by atoms with van der Waals surface area (Å²) < 4.78 is 26.3.